The molecule has 3 aliphatic carbocycles. The van der Waals surface area contributed by atoms with Gasteiger partial charge >= 0.3 is 0 Å². The highest BCUT2D eigenvalue weighted by Crippen LogP contribution is 2.61. The summed E-state index contributed by atoms with van der Waals surface area (Å²) < 4.78 is 0. The Bertz CT molecular complexity index is 1040. The summed E-state index contributed by atoms with van der Waals surface area (Å²) in [5.74, 6) is 1.45. The highest BCUT2D eigenvalue weighted by Gasteiger charge is 2.58. The van der Waals surface area contributed by atoms with Gasteiger partial charge in [0.1, 0.15) is 17.1 Å². The molecule has 7 nitrogen and oxygen atoms in total. The monoisotopic (exact) mass is 494 g/mol. The molecule has 0 aromatic rings. The molecular weight excluding hydrogens is 456 g/mol. The van der Waals surface area contributed by atoms with Crippen LogP contribution in [0.25, 0.3) is 0 Å². The lowest BCUT2D eigenvalue weighted by Crippen LogP contribution is -2.41. The van der Waals surface area contributed by atoms with Crippen LogP contribution in [0.5, 0.6) is 0 Å². The highest BCUT2D eigenvalue weighted by atomic mass is 16.3. The Balaban J connectivity index is 1.46. The first kappa shape index (κ1) is 25.0. The molecule has 0 spiro atoms. The van der Waals surface area contributed by atoms with Crippen LogP contribution < -0.4 is 10.6 Å². The van der Waals surface area contributed by atoms with Crippen LogP contribution in [0.3, 0.4) is 0 Å². The molecule has 0 radical (unpaired) electrons. The Morgan fingerprint density at radius 2 is 1.89 bits per heavy atom. The number of allylic oxidation sites excluding steroid dienone is 3. The van der Waals surface area contributed by atoms with Gasteiger partial charge in [-0.1, -0.05) is 32.4 Å². The zero-order chi connectivity index (χ0) is 25.6. The number of carbonyl (C=O) groups excluding carboxylic acids is 4. The molecule has 0 unspecified atom stereocenters. The molecule has 3 N–H and O–H groups in total. The van der Waals surface area contributed by atoms with Gasteiger partial charge in [0, 0.05) is 18.9 Å². The number of aliphatic hydroxyl groups excluding tert-OH is 1. The summed E-state index contributed by atoms with van der Waals surface area (Å²) in [6.45, 7) is 4.98. The molecule has 7 heteroatoms. The van der Waals surface area contributed by atoms with Crippen LogP contribution in [0.1, 0.15) is 58.8 Å². The average Bonchev–Trinajstić information content (AvgIpc) is 3.46. The number of aliphatic hydroxyl groups is 1. The third-order valence-electron chi connectivity index (χ3n) is 9.88. The Labute approximate surface area is 212 Å². The lowest BCUT2D eigenvalue weighted by atomic mass is 9.63. The second-order valence-electron chi connectivity index (χ2n) is 11.6. The van der Waals surface area contributed by atoms with Crippen molar-refractivity contribution in [3.05, 3.63) is 35.6 Å². The molecule has 36 heavy (non-hydrogen) atoms. The number of hydrogen-bond acceptors (Lipinski definition) is 5. The molecular formula is C29H38N2O5. The van der Waals surface area contributed by atoms with E-state index < -0.39 is 17.7 Å². The van der Waals surface area contributed by atoms with E-state index in [1.807, 2.05) is 12.2 Å². The van der Waals surface area contributed by atoms with Crippen LogP contribution in [-0.4, -0.2) is 41.1 Å². The van der Waals surface area contributed by atoms with Crippen molar-refractivity contribution in [1.29, 1.82) is 0 Å². The molecule has 2 aliphatic heterocycles. The quantitative estimate of drug-likeness (QED) is 0.484. The molecule has 2 amide bonds. The van der Waals surface area contributed by atoms with Crippen LogP contribution in [-0.2, 0) is 19.2 Å². The standard InChI is InChI=1S/C29H38N2O5/c1-3-16-12-18-13-20-19-6-4-8-24(34)30-11-5-7-21-28(35)27(29(36)31-21)22(32)10-9-17(19)14-23(33)26(20)25(18)15(16)2/h4,8-10,15-21,25-26,32H,3,5-7,11-14H2,1-2H3,(H,30,34)(H,31,36)/b8-4-,10-9-,27-22-/t15-,16-,17+,18+,19-,20+,21+,25+,26-/m1/s1. The zero-order valence-corrected chi connectivity index (χ0v) is 21.2. The Hall–Kier alpha value is -2.70. The second kappa shape index (κ2) is 9.98. The van der Waals surface area contributed by atoms with Crippen molar-refractivity contribution in [2.75, 3.05) is 6.54 Å². The summed E-state index contributed by atoms with van der Waals surface area (Å²) in [4.78, 5) is 51.1. The van der Waals surface area contributed by atoms with E-state index in [1.54, 1.807) is 6.08 Å². The minimum atomic E-state index is -0.694. The topological polar surface area (TPSA) is 113 Å². The summed E-state index contributed by atoms with van der Waals surface area (Å²) in [7, 11) is 0. The van der Waals surface area contributed by atoms with Crippen molar-refractivity contribution in [1.82, 2.24) is 10.6 Å². The van der Waals surface area contributed by atoms with Crippen molar-refractivity contribution in [3.63, 3.8) is 0 Å². The van der Waals surface area contributed by atoms with Gasteiger partial charge in [-0.15, -0.1) is 0 Å². The fourth-order valence-electron chi connectivity index (χ4n) is 8.22. The average molecular weight is 495 g/mol. The fourth-order valence-corrected chi connectivity index (χ4v) is 8.22. The molecule has 5 rings (SSSR count). The Kier molecular flexibility index (Phi) is 6.92. The first-order valence-electron chi connectivity index (χ1n) is 13.7. The molecule has 5 aliphatic rings. The van der Waals surface area contributed by atoms with Crippen LogP contribution in [0.15, 0.2) is 35.6 Å². The van der Waals surface area contributed by atoms with Crippen LogP contribution in [0, 0.1) is 47.3 Å². The zero-order valence-electron chi connectivity index (χ0n) is 21.2. The van der Waals surface area contributed by atoms with Gasteiger partial charge in [0.05, 0.1) is 6.04 Å². The summed E-state index contributed by atoms with van der Waals surface area (Å²) in [5.41, 5.74) is -0.210. The molecule has 0 aromatic carbocycles. The predicted octanol–water partition coefficient (Wildman–Crippen LogP) is 3.42. The minimum absolute atomic E-state index is 0.0684. The molecule has 194 valence electrons. The number of amides is 2. The first-order valence-corrected chi connectivity index (χ1v) is 13.7. The van der Waals surface area contributed by atoms with Gasteiger partial charge in [-0.3, -0.25) is 19.2 Å². The van der Waals surface area contributed by atoms with Crippen molar-refractivity contribution >= 4 is 23.4 Å². The molecule has 0 aromatic heterocycles. The Morgan fingerprint density at radius 3 is 2.67 bits per heavy atom. The smallest absolute Gasteiger partial charge is 0.259 e. The summed E-state index contributed by atoms with van der Waals surface area (Å²) >= 11 is 0. The lowest BCUT2D eigenvalue weighted by molar-refractivity contribution is -0.131. The van der Waals surface area contributed by atoms with Gasteiger partial charge in [-0.05, 0) is 85.7 Å². The number of nitrogens with one attached hydrogen (secondary N) is 2. The van der Waals surface area contributed by atoms with E-state index in [2.05, 4.69) is 24.5 Å². The Morgan fingerprint density at radius 1 is 1.08 bits per heavy atom. The molecule has 2 bridgehead atoms. The van der Waals surface area contributed by atoms with E-state index in [1.165, 1.54) is 12.5 Å². The summed E-state index contributed by atoms with van der Waals surface area (Å²) in [6.07, 6.45) is 12.2. The molecule has 4 fully saturated rings. The van der Waals surface area contributed by atoms with Gasteiger partial charge < -0.3 is 15.7 Å². The largest absolute Gasteiger partial charge is 0.507 e. The maximum absolute atomic E-state index is 13.5. The van der Waals surface area contributed by atoms with Crippen molar-refractivity contribution < 1.29 is 24.3 Å². The van der Waals surface area contributed by atoms with E-state index >= 15 is 0 Å². The first-order chi connectivity index (χ1) is 17.3. The van der Waals surface area contributed by atoms with Gasteiger partial charge in [0.25, 0.3) is 5.91 Å². The maximum atomic E-state index is 13.5. The number of hydrogen-bond donors (Lipinski definition) is 3. The van der Waals surface area contributed by atoms with Gasteiger partial charge in [-0.2, -0.15) is 0 Å². The molecule has 9 atom stereocenters. The van der Waals surface area contributed by atoms with Gasteiger partial charge in [0.15, 0.2) is 5.78 Å². The number of rotatable bonds is 1. The van der Waals surface area contributed by atoms with Crippen molar-refractivity contribution in [2.24, 2.45) is 47.3 Å². The van der Waals surface area contributed by atoms with Crippen LogP contribution in [0.2, 0.25) is 0 Å². The third-order valence-corrected chi connectivity index (χ3v) is 9.88. The molecule has 3 saturated carbocycles. The summed E-state index contributed by atoms with van der Waals surface area (Å²) in [5, 5.41) is 16.2. The number of fused-ring (bicyclic) bond motifs is 7. The lowest BCUT2D eigenvalue weighted by Gasteiger charge is -2.40. The van der Waals surface area contributed by atoms with Crippen LogP contribution >= 0.6 is 0 Å². The number of ketones is 2. The SMILES string of the molecule is CC[C@@H]1C[C@H]2C[C@H]3[C@@H]4C/C=C\C(=O)NCCC[C@@H]5NC(=O)/C(=C(O)/C=C\[C@H]4CC(=O)[C@@H]3[C@H]2[C@@H]1C)C5=O. The van der Waals surface area contributed by atoms with Gasteiger partial charge in [0.2, 0.25) is 5.91 Å². The van der Waals surface area contributed by atoms with Crippen molar-refractivity contribution in [3.8, 4) is 0 Å². The summed E-state index contributed by atoms with van der Waals surface area (Å²) in [6, 6.07) is -0.694. The van der Waals surface area contributed by atoms with E-state index in [9.17, 15) is 24.3 Å². The number of carbonyl (C=O) groups is 4. The van der Waals surface area contributed by atoms with E-state index in [4.69, 9.17) is 0 Å². The van der Waals surface area contributed by atoms with E-state index in [0.717, 1.165) is 12.8 Å². The van der Waals surface area contributed by atoms with E-state index in [0.29, 0.717) is 61.7 Å². The normalized spacial score (nSPS) is 44.9. The molecule has 1 saturated heterocycles. The fraction of sp³-hybridized carbons (Fsp3) is 0.655. The molecule has 2 heterocycles. The number of Topliss-reactive ketones (excluding diaryl/α,β-unsaturated/α-hetero) is 2. The van der Waals surface area contributed by atoms with E-state index in [-0.39, 0.29) is 40.9 Å². The van der Waals surface area contributed by atoms with Gasteiger partial charge in [-0.25, -0.2) is 0 Å². The highest BCUT2D eigenvalue weighted by molar-refractivity contribution is 6.27. The second-order valence-corrected chi connectivity index (χ2v) is 11.6. The third kappa shape index (κ3) is 4.35. The maximum Gasteiger partial charge on any atom is 0.259 e. The van der Waals surface area contributed by atoms with Crippen LogP contribution in [0.4, 0.5) is 0 Å². The predicted molar refractivity (Wildman–Crippen MR) is 134 cm³/mol. The van der Waals surface area contributed by atoms with Crippen molar-refractivity contribution in [2.45, 2.75) is 64.8 Å². The minimum Gasteiger partial charge on any atom is -0.507 e.